The van der Waals surface area contributed by atoms with Gasteiger partial charge in [0.05, 0.1) is 4.90 Å². The second kappa shape index (κ2) is 7.00. The molecule has 6 nitrogen and oxygen atoms in total. The molecule has 1 aliphatic carbocycles. The topological polar surface area (TPSA) is 102 Å². The largest absolute Gasteiger partial charge is 0.423 e. The van der Waals surface area contributed by atoms with E-state index in [0.717, 1.165) is 19.3 Å². The number of nitrogens with two attached hydrogens (primary N) is 1. The third kappa shape index (κ3) is 3.74. The van der Waals surface area contributed by atoms with Gasteiger partial charge in [-0.15, -0.1) is 12.4 Å². The van der Waals surface area contributed by atoms with Crippen molar-refractivity contribution >= 4 is 33.4 Å². The molecule has 23 heavy (non-hydrogen) atoms. The summed E-state index contributed by atoms with van der Waals surface area (Å²) in [5.74, 6) is 0.188. The van der Waals surface area contributed by atoms with Gasteiger partial charge in [0.1, 0.15) is 5.58 Å². The standard InChI is InChI=1S/C15H18N2O4S.ClH/c16-9-11-2-1-3-13(11)17-22(19,20)12-5-6-14-10(8-12)4-7-15(18)21-14;/h4-8,11,13,17H,1-3,9,16H2;1H. The molecule has 0 bridgehead atoms. The van der Waals surface area contributed by atoms with Crippen LogP contribution in [0, 0.1) is 5.92 Å². The number of benzene rings is 1. The van der Waals surface area contributed by atoms with Gasteiger partial charge < -0.3 is 10.2 Å². The first-order valence-corrected chi connectivity index (χ1v) is 8.74. The van der Waals surface area contributed by atoms with E-state index in [1.165, 1.54) is 24.3 Å². The Kier molecular flexibility index (Phi) is 5.46. The summed E-state index contributed by atoms with van der Waals surface area (Å²) >= 11 is 0. The molecular formula is C15H19ClN2O4S. The minimum atomic E-state index is -3.61. The van der Waals surface area contributed by atoms with E-state index in [1.807, 2.05) is 0 Å². The average Bonchev–Trinajstić information content (AvgIpc) is 2.93. The van der Waals surface area contributed by atoms with Crippen LogP contribution in [0.1, 0.15) is 19.3 Å². The van der Waals surface area contributed by atoms with Crippen LogP contribution >= 0.6 is 12.4 Å². The molecule has 0 aliphatic heterocycles. The van der Waals surface area contributed by atoms with Crippen LogP contribution in [0.2, 0.25) is 0 Å². The van der Waals surface area contributed by atoms with Crippen molar-refractivity contribution in [3.8, 4) is 0 Å². The number of rotatable bonds is 4. The second-order valence-electron chi connectivity index (χ2n) is 5.61. The molecule has 1 fully saturated rings. The summed E-state index contributed by atoms with van der Waals surface area (Å²) in [6.45, 7) is 0.482. The van der Waals surface area contributed by atoms with Crippen molar-refractivity contribution < 1.29 is 12.8 Å². The van der Waals surface area contributed by atoms with E-state index in [1.54, 1.807) is 6.07 Å². The highest BCUT2D eigenvalue weighted by molar-refractivity contribution is 7.89. The Bertz CT molecular complexity index is 850. The molecule has 0 saturated heterocycles. The van der Waals surface area contributed by atoms with Gasteiger partial charge in [0.15, 0.2) is 0 Å². The summed E-state index contributed by atoms with van der Waals surface area (Å²) in [4.78, 5) is 11.3. The van der Waals surface area contributed by atoms with Gasteiger partial charge in [-0.3, -0.25) is 0 Å². The maximum atomic E-state index is 12.5. The summed E-state index contributed by atoms with van der Waals surface area (Å²) in [6, 6.07) is 7.17. The highest BCUT2D eigenvalue weighted by atomic mass is 35.5. The van der Waals surface area contributed by atoms with Crippen LogP contribution in [-0.4, -0.2) is 21.0 Å². The van der Waals surface area contributed by atoms with Crippen molar-refractivity contribution in [1.82, 2.24) is 4.72 Å². The molecule has 1 aromatic carbocycles. The monoisotopic (exact) mass is 358 g/mol. The molecule has 2 unspecified atom stereocenters. The van der Waals surface area contributed by atoms with E-state index in [2.05, 4.69) is 4.72 Å². The Morgan fingerprint density at radius 1 is 1.22 bits per heavy atom. The molecule has 2 aromatic rings. The van der Waals surface area contributed by atoms with E-state index >= 15 is 0 Å². The van der Waals surface area contributed by atoms with Gasteiger partial charge in [-0.05, 0) is 49.6 Å². The highest BCUT2D eigenvalue weighted by Gasteiger charge is 2.30. The fraction of sp³-hybridized carbons (Fsp3) is 0.400. The van der Waals surface area contributed by atoms with E-state index in [4.69, 9.17) is 10.2 Å². The van der Waals surface area contributed by atoms with Gasteiger partial charge in [-0.1, -0.05) is 6.42 Å². The minimum absolute atomic E-state index is 0. The van der Waals surface area contributed by atoms with Crippen molar-refractivity contribution in [3.63, 3.8) is 0 Å². The maximum absolute atomic E-state index is 12.5. The lowest BCUT2D eigenvalue weighted by Gasteiger charge is -2.19. The first kappa shape index (κ1) is 17.9. The number of hydrogen-bond acceptors (Lipinski definition) is 5. The number of hydrogen-bond donors (Lipinski definition) is 2. The zero-order valence-electron chi connectivity index (χ0n) is 12.4. The van der Waals surface area contributed by atoms with Crippen LogP contribution in [0.5, 0.6) is 0 Å². The SMILES string of the molecule is Cl.NCC1CCCC1NS(=O)(=O)c1ccc2oc(=O)ccc2c1. The number of nitrogens with one attached hydrogen (secondary N) is 1. The second-order valence-corrected chi connectivity index (χ2v) is 7.32. The summed E-state index contributed by atoms with van der Waals surface area (Å²) in [5, 5.41) is 0.573. The molecule has 1 heterocycles. The maximum Gasteiger partial charge on any atom is 0.336 e. The zero-order chi connectivity index (χ0) is 15.7. The lowest BCUT2D eigenvalue weighted by Crippen LogP contribution is -2.39. The Hall–Kier alpha value is -1.41. The molecule has 1 saturated carbocycles. The van der Waals surface area contributed by atoms with Crippen molar-refractivity contribution in [2.75, 3.05) is 6.54 Å². The van der Waals surface area contributed by atoms with Gasteiger partial charge in [0, 0.05) is 17.5 Å². The van der Waals surface area contributed by atoms with Crippen LogP contribution < -0.4 is 16.1 Å². The molecular weight excluding hydrogens is 340 g/mol. The molecule has 1 aliphatic rings. The lowest BCUT2D eigenvalue weighted by molar-refractivity contribution is 0.453. The zero-order valence-corrected chi connectivity index (χ0v) is 14.0. The van der Waals surface area contributed by atoms with Crippen molar-refractivity contribution in [2.24, 2.45) is 11.7 Å². The van der Waals surface area contributed by atoms with Crippen molar-refractivity contribution in [1.29, 1.82) is 0 Å². The summed E-state index contributed by atoms with van der Waals surface area (Å²) in [7, 11) is -3.61. The number of fused-ring (bicyclic) bond motifs is 1. The Morgan fingerprint density at radius 3 is 2.74 bits per heavy atom. The van der Waals surface area contributed by atoms with Crippen LogP contribution in [0.3, 0.4) is 0 Å². The molecule has 126 valence electrons. The Labute approximate surface area is 140 Å². The third-order valence-electron chi connectivity index (χ3n) is 4.17. The Balaban J connectivity index is 0.00000192. The fourth-order valence-electron chi connectivity index (χ4n) is 2.96. The Morgan fingerprint density at radius 2 is 2.00 bits per heavy atom. The number of sulfonamides is 1. The molecule has 0 radical (unpaired) electrons. The summed E-state index contributed by atoms with van der Waals surface area (Å²) in [5.41, 5.74) is 5.60. The summed E-state index contributed by atoms with van der Waals surface area (Å²) in [6.07, 6.45) is 2.74. The molecule has 8 heteroatoms. The first-order valence-electron chi connectivity index (χ1n) is 7.26. The highest BCUT2D eigenvalue weighted by Crippen LogP contribution is 2.26. The van der Waals surface area contributed by atoms with Crippen LogP contribution in [-0.2, 0) is 10.0 Å². The molecule has 3 rings (SSSR count). The van der Waals surface area contributed by atoms with Crippen LogP contribution in [0.15, 0.2) is 44.4 Å². The number of halogens is 1. The quantitative estimate of drug-likeness (QED) is 0.808. The summed E-state index contributed by atoms with van der Waals surface area (Å²) < 4.78 is 32.8. The minimum Gasteiger partial charge on any atom is -0.423 e. The molecule has 2 atom stereocenters. The molecule has 0 amide bonds. The molecule has 3 N–H and O–H groups in total. The van der Waals surface area contributed by atoms with Gasteiger partial charge >= 0.3 is 5.63 Å². The predicted octanol–water partition coefficient (Wildman–Crippen LogP) is 1.62. The van der Waals surface area contributed by atoms with Gasteiger partial charge in [-0.25, -0.2) is 17.9 Å². The van der Waals surface area contributed by atoms with Gasteiger partial charge in [-0.2, -0.15) is 0 Å². The first-order chi connectivity index (χ1) is 10.5. The normalized spacial score (nSPS) is 21.3. The van der Waals surface area contributed by atoms with Gasteiger partial charge in [0.2, 0.25) is 10.0 Å². The van der Waals surface area contributed by atoms with E-state index in [-0.39, 0.29) is 29.3 Å². The molecule has 1 aromatic heterocycles. The van der Waals surface area contributed by atoms with E-state index in [9.17, 15) is 13.2 Å². The van der Waals surface area contributed by atoms with E-state index in [0.29, 0.717) is 17.5 Å². The van der Waals surface area contributed by atoms with Crippen molar-refractivity contribution in [3.05, 3.63) is 40.8 Å². The fourth-order valence-corrected chi connectivity index (χ4v) is 4.33. The van der Waals surface area contributed by atoms with Gasteiger partial charge in [0.25, 0.3) is 0 Å². The predicted molar refractivity (Wildman–Crippen MR) is 90.2 cm³/mol. The van der Waals surface area contributed by atoms with E-state index < -0.39 is 15.6 Å². The third-order valence-corrected chi connectivity index (χ3v) is 5.66. The smallest absolute Gasteiger partial charge is 0.336 e. The average molecular weight is 359 g/mol. The van der Waals surface area contributed by atoms with Crippen molar-refractivity contribution in [2.45, 2.75) is 30.2 Å². The van der Waals surface area contributed by atoms with Crippen LogP contribution in [0.25, 0.3) is 11.0 Å². The molecule has 0 spiro atoms. The van der Waals surface area contributed by atoms with Crippen LogP contribution in [0.4, 0.5) is 0 Å². The lowest BCUT2D eigenvalue weighted by atomic mass is 10.1.